The Morgan fingerprint density at radius 2 is 1.83 bits per heavy atom. The fourth-order valence-corrected chi connectivity index (χ4v) is 0.907. The summed E-state index contributed by atoms with van der Waals surface area (Å²) >= 11 is 0. The van der Waals surface area contributed by atoms with Crippen LogP contribution in [0.25, 0.3) is 0 Å². The van der Waals surface area contributed by atoms with Crippen LogP contribution in [0.1, 0.15) is 27.2 Å². The highest BCUT2D eigenvalue weighted by Crippen LogP contribution is 2.22. The number of nitrogens with one attached hydrogen (secondary N) is 1. The summed E-state index contributed by atoms with van der Waals surface area (Å²) in [5.41, 5.74) is -0.107. The summed E-state index contributed by atoms with van der Waals surface area (Å²) in [7, 11) is 1.79. The number of aliphatic hydroxyl groups excluding tert-OH is 2. The summed E-state index contributed by atoms with van der Waals surface area (Å²) in [5, 5.41) is 21.5. The number of rotatable bonds is 4. The Kier molecular flexibility index (Phi) is 4.75. The molecule has 0 amide bonds. The molecule has 12 heavy (non-hydrogen) atoms. The van der Waals surface area contributed by atoms with Gasteiger partial charge in [0.05, 0.1) is 12.7 Å². The maximum atomic E-state index is 9.67. The first-order valence-corrected chi connectivity index (χ1v) is 4.38. The van der Waals surface area contributed by atoms with E-state index in [1.165, 1.54) is 0 Å². The molecule has 2 atom stereocenters. The van der Waals surface area contributed by atoms with Gasteiger partial charge in [-0.05, 0) is 18.9 Å². The number of hydrogen-bond donors (Lipinski definition) is 3. The summed E-state index contributed by atoms with van der Waals surface area (Å²) < 4.78 is 0. The fraction of sp³-hybridized carbons (Fsp3) is 1.00. The topological polar surface area (TPSA) is 52.5 Å². The molecule has 0 spiro atoms. The van der Waals surface area contributed by atoms with Gasteiger partial charge in [0.15, 0.2) is 0 Å². The lowest BCUT2D eigenvalue weighted by molar-refractivity contribution is 0.0402. The summed E-state index contributed by atoms with van der Waals surface area (Å²) in [6, 6.07) is -0.000718. The van der Waals surface area contributed by atoms with Crippen molar-refractivity contribution in [2.24, 2.45) is 5.41 Å². The van der Waals surface area contributed by atoms with Crippen LogP contribution in [0.15, 0.2) is 0 Å². The minimum absolute atomic E-state index is 0.000718. The number of hydrogen-bond acceptors (Lipinski definition) is 3. The molecule has 2 unspecified atom stereocenters. The molecule has 0 saturated carbocycles. The van der Waals surface area contributed by atoms with E-state index in [1.54, 1.807) is 7.05 Å². The van der Waals surface area contributed by atoms with Gasteiger partial charge in [0, 0.05) is 6.04 Å². The predicted molar refractivity (Wildman–Crippen MR) is 50.0 cm³/mol. The van der Waals surface area contributed by atoms with Crippen LogP contribution >= 0.6 is 0 Å². The molecule has 0 aromatic rings. The third-order valence-electron chi connectivity index (χ3n) is 2.14. The SMILES string of the molecule is CNC(CO)CC(O)C(C)(C)C. The van der Waals surface area contributed by atoms with Crippen molar-refractivity contribution < 1.29 is 10.2 Å². The van der Waals surface area contributed by atoms with Crippen molar-refractivity contribution in [2.75, 3.05) is 13.7 Å². The highest BCUT2D eigenvalue weighted by atomic mass is 16.3. The molecule has 0 saturated heterocycles. The van der Waals surface area contributed by atoms with Crippen LogP contribution < -0.4 is 5.32 Å². The Morgan fingerprint density at radius 3 is 2.08 bits per heavy atom. The molecule has 3 N–H and O–H groups in total. The van der Waals surface area contributed by atoms with Gasteiger partial charge in [0.1, 0.15) is 0 Å². The zero-order valence-electron chi connectivity index (χ0n) is 8.46. The second-order valence-corrected chi connectivity index (χ2v) is 4.29. The largest absolute Gasteiger partial charge is 0.395 e. The number of aliphatic hydroxyl groups is 2. The van der Waals surface area contributed by atoms with Gasteiger partial charge in [-0.2, -0.15) is 0 Å². The van der Waals surface area contributed by atoms with Crippen molar-refractivity contribution in [2.45, 2.75) is 39.3 Å². The van der Waals surface area contributed by atoms with Gasteiger partial charge in [0.25, 0.3) is 0 Å². The van der Waals surface area contributed by atoms with Crippen molar-refractivity contribution in [3.63, 3.8) is 0 Å². The second kappa shape index (κ2) is 4.80. The molecule has 0 heterocycles. The molecule has 74 valence electrons. The smallest absolute Gasteiger partial charge is 0.0604 e. The average molecular weight is 175 g/mol. The fourth-order valence-electron chi connectivity index (χ4n) is 0.907. The summed E-state index contributed by atoms with van der Waals surface area (Å²) in [4.78, 5) is 0. The van der Waals surface area contributed by atoms with Gasteiger partial charge >= 0.3 is 0 Å². The van der Waals surface area contributed by atoms with E-state index in [-0.39, 0.29) is 24.2 Å². The minimum Gasteiger partial charge on any atom is -0.395 e. The van der Waals surface area contributed by atoms with E-state index in [2.05, 4.69) is 5.32 Å². The van der Waals surface area contributed by atoms with Crippen LogP contribution in [0.3, 0.4) is 0 Å². The third kappa shape index (κ3) is 4.04. The maximum Gasteiger partial charge on any atom is 0.0604 e. The molecule has 0 aromatic carbocycles. The normalized spacial score (nSPS) is 17.5. The van der Waals surface area contributed by atoms with Crippen LogP contribution in [0.4, 0.5) is 0 Å². The molecular weight excluding hydrogens is 154 g/mol. The molecule has 0 aliphatic rings. The maximum absolute atomic E-state index is 9.67. The van der Waals surface area contributed by atoms with E-state index in [1.807, 2.05) is 20.8 Å². The van der Waals surface area contributed by atoms with Gasteiger partial charge in [-0.1, -0.05) is 20.8 Å². The van der Waals surface area contributed by atoms with Gasteiger partial charge in [0.2, 0.25) is 0 Å². The molecular formula is C9H21NO2. The first-order chi connectivity index (χ1) is 5.41. The van der Waals surface area contributed by atoms with Crippen LogP contribution in [-0.2, 0) is 0 Å². The van der Waals surface area contributed by atoms with Crippen molar-refractivity contribution in [3.8, 4) is 0 Å². The van der Waals surface area contributed by atoms with E-state index in [9.17, 15) is 5.11 Å². The highest BCUT2D eigenvalue weighted by molar-refractivity contribution is 4.77. The Labute approximate surface area is 74.8 Å². The van der Waals surface area contributed by atoms with E-state index < -0.39 is 0 Å². The number of likely N-dealkylation sites (N-methyl/N-ethyl adjacent to an activating group) is 1. The first-order valence-electron chi connectivity index (χ1n) is 4.38. The molecule has 3 nitrogen and oxygen atoms in total. The Balaban J connectivity index is 3.90. The van der Waals surface area contributed by atoms with Crippen molar-refractivity contribution >= 4 is 0 Å². The quantitative estimate of drug-likeness (QED) is 0.578. The molecule has 0 radical (unpaired) electrons. The molecule has 0 bridgehead atoms. The van der Waals surface area contributed by atoms with Gasteiger partial charge < -0.3 is 15.5 Å². The molecule has 0 rings (SSSR count). The molecule has 0 aromatic heterocycles. The minimum atomic E-state index is -0.373. The van der Waals surface area contributed by atoms with Gasteiger partial charge in [-0.15, -0.1) is 0 Å². The summed E-state index contributed by atoms with van der Waals surface area (Å²) in [5.74, 6) is 0. The van der Waals surface area contributed by atoms with Crippen molar-refractivity contribution in [1.29, 1.82) is 0 Å². The molecule has 0 aliphatic heterocycles. The van der Waals surface area contributed by atoms with Crippen LogP contribution in [0.5, 0.6) is 0 Å². The first kappa shape index (κ1) is 11.9. The molecule has 0 fully saturated rings. The summed E-state index contributed by atoms with van der Waals surface area (Å²) in [6.07, 6.45) is 0.221. The van der Waals surface area contributed by atoms with Crippen LogP contribution in [0.2, 0.25) is 0 Å². The standard InChI is InChI=1S/C9H21NO2/c1-9(2,3)8(12)5-7(6-11)10-4/h7-8,10-12H,5-6H2,1-4H3. The van der Waals surface area contributed by atoms with E-state index in [0.717, 1.165) is 0 Å². The zero-order valence-corrected chi connectivity index (χ0v) is 8.46. The van der Waals surface area contributed by atoms with E-state index in [0.29, 0.717) is 6.42 Å². The van der Waals surface area contributed by atoms with Crippen molar-refractivity contribution in [1.82, 2.24) is 5.32 Å². The average Bonchev–Trinajstić information content (AvgIpc) is 1.97. The van der Waals surface area contributed by atoms with Gasteiger partial charge in [-0.3, -0.25) is 0 Å². The zero-order chi connectivity index (χ0) is 9.78. The highest BCUT2D eigenvalue weighted by Gasteiger charge is 2.24. The predicted octanol–water partition coefficient (Wildman–Crippen LogP) is 0.364. The Hall–Kier alpha value is -0.120. The lowest BCUT2D eigenvalue weighted by atomic mass is 9.85. The molecule has 3 heteroatoms. The van der Waals surface area contributed by atoms with Crippen LogP contribution in [0, 0.1) is 5.41 Å². The van der Waals surface area contributed by atoms with Gasteiger partial charge in [-0.25, -0.2) is 0 Å². The second-order valence-electron chi connectivity index (χ2n) is 4.29. The van der Waals surface area contributed by atoms with E-state index in [4.69, 9.17) is 5.11 Å². The lowest BCUT2D eigenvalue weighted by Gasteiger charge is -2.28. The third-order valence-corrected chi connectivity index (χ3v) is 2.14. The Bertz CT molecular complexity index is 116. The van der Waals surface area contributed by atoms with E-state index >= 15 is 0 Å². The summed E-state index contributed by atoms with van der Waals surface area (Å²) in [6.45, 7) is 6.04. The Morgan fingerprint density at radius 1 is 1.33 bits per heavy atom. The van der Waals surface area contributed by atoms with Crippen molar-refractivity contribution in [3.05, 3.63) is 0 Å². The monoisotopic (exact) mass is 175 g/mol. The lowest BCUT2D eigenvalue weighted by Crippen LogP contribution is -2.37. The molecule has 0 aliphatic carbocycles. The van der Waals surface area contributed by atoms with Crippen LogP contribution in [-0.4, -0.2) is 36.0 Å².